The highest BCUT2D eigenvalue weighted by atomic mass is 79.9. The van der Waals surface area contributed by atoms with E-state index in [-0.39, 0.29) is 0 Å². The SMILES string of the molecule is Cc1nc(Cl)c(OCc2cccc(Br)c2)nc1C. The van der Waals surface area contributed by atoms with Crippen LogP contribution in [-0.2, 0) is 6.61 Å². The molecule has 2 rings (SSSR count). The lowest BCUT2D eigenvalue weighted by atomic mass is 10.2. The molecule has 2 aromatic rings. The molecule has 0 amide bonds. The molecule has 1 aromatic heterocycles. The van der Waals surface area contributed by atoms with Gasteiger partial charge in [-0.3, -0.25) is 0 Å². The number of hydrogen-bond donors (Lipinski definition) is 0. The zero-order valence-corrected chi connectivity index (χ0v) is 12.4. The quantitative estimate of drug-likeness (QED) is 0.851. The second-order valence-electron chi connectivity index (χ2n) is 3.91. The molecular weight excluding hydrogens is 316 g/mol. The van der Waals surface area contributed by atoms with Gasteiger partial charge in [0.05, 0.1) is 11.4 Å². The highest BCUT2D eigenvalue weighted by molar-refractivity contribution is 9.10. The maximum Gasteiger partial charge on any atom is 0.252 e. The smallest absolute Gasteiger partial charge is 0.252 e. The number of halogens is 2. The summed E-state index contributed by atoms with van der Waals surface area (Å²) in [7, 11) is 0. The van der Waals surface area contributed by atoms with Crippen molar-refractivity contribution in [2.45, 2.75) is 20.5 Å². The predicted octanol–water partition coefficient (Wildman–Crippen LogP) is 4.09. The first-order chi connectivity index (χ1) is 8.56. The first kappa shape index (κ1) is 13.3. The van der Waals surface area contributed by atoms with Crippen LogP contribution in [0.15, 0.2) is 28.7 Å². The molecule has 5 heteroatoms. The first-order valence-electron chi connectivity index (χ1n) is 5.44. The number of benzene rings is 1. The van der Waals surface area contributed by atoms with E-state index in [1.54, 1.807) is 0 Å². The molecule has 0 spiro atoms. The van der Waals surface area contributed by atoms with Crippen molar-refractivity contribution in [1.29, 1.82) is 0 Å². The Morgan fingerprint density at radius 2 is 1.94 bits per heavy atom. The Kier molecular flexibility index (Phi) is 4.19. The van der Waals surface area contributed by atoms with Gasteiger partial charge in [-0.05, 0) is 31.5 Å². The molecule has 0 N–H and O–H groups in total. The molecular formula is C13H12BrClN2O. The highest BCUT2D eigenvalue weighted by Crippen LogP contribution is 2.22. The van der Waals surface area contributed by atoms with Gasteiger partial charge in [-0.15, -0.1) is 0 Å². The maximum absolute atomic E-state index is 5.99. The van der Waals surface area contributed by atoms with Crippen LogP contribution >= 0.6 is 27.5 Å². The van der Waals surface area contributed by atoms with Crippen molar-refractivity contribution in [3.05, 3.63) is 50.8 Å². The van der Waals surface area contributed by atoms with Crippen LogP contribution in [0.25, 0.3) is 0 Å². The largest absolute Gasteiger partial charge is 0.471 e. The summed E-state index contributed by atoms with van der Waals surface area (Å²) in [6.07, 6.45) is 0. The molecule has 0 atom stereocenters. The van der Waals surface area contributed by atoms with Crippen LogP contribution < -0.4 is 4.74 Å². The summed E-state index contributed by atoms with van der Waals surface area (Å²) < 4.78 is 6.60. The van der Waals surface area contributed by atoms with Gasteiger partial charge in [-0.2, -0.15) is 0 Å². The summed E-state index contributed by atoms with van der Waals surface area (Å²) in [5.41, 5.74) is 2.68. The van der Waals surface area contributed by atoms with Crippen molar-refractivity contribution < 1.29 is 4.74 Å². The Hall–Kier alpha value is -1.13. The van der Waals surface area contributed by atoms with E-state index in [4.69, 9.17) is 16.3 Å². The average Bonchev–Trinajstić information content (AvgIpc) is 2.32. The minimum Gasteiger partial charge on any atom is -0.471 e. The zero-order chi connectivity index (χ0) is 13.1. The van der Waals surface area contributed by atoms with Gasteiger partial charge in [0.1, 0.15) is 6.61 Å². The third-order valence-electron chi connectivity index (χ3n) is 2.50. The normalized spacial score (nSPS) is 10.4. The minimum absolute atomic E-state index is 0.299. The fraction of sp³-hybridized carbons (Fsp3) is 0.231. The summed E-state index contributed by atoms with van der Waals surface area (Å²) in [5, 5.41) is 0.299. The molecule has 0 unspecified atom stereocenters. The molecule has 3 nitrogen and oxygen atoms in total. The van der Waals surface area contributed by atoms with Gasteiger partial charge in [0.2, 0.25) is 0 Å². The number of ether oxygens (including phenoxy) is 1. The molecule has 0 radical (unpaired) electrons. The molecule has 1 heterocycles. The Balaban J connectivity index is 2.13. The molecule has 0 aliphatic rings. The number of hydrogen-bond acceptors (Lipinski definition) is 3. The van der Waals surface area contributed by atoms with Crippen molar-refractivity contribution in [3.8, 4) is 5.88 Å². The lowest BCUT2D eigenvalue weighted by molar-refractivity contribution is 0.292. The maximum atomic E-state index is 5.99. The van der Waals surface area contributed by atoms with Gasteiger partial charge in [0.25, 0.3) is 5.88 Å². The van der Waals surface area contributed by atoms with Crippen LogP contribution in [0.2, 0.25) is 5.15 Å². The summed E-state index contributed by atoms with van der Waals surface area (Å²) >= 11 is 9.41. The van der Waals surface area contributed by atoms with Gasteiger partial charge in [0, 0.05) is 4.47 Å². The summed E-state index contributed by atoms with van der Waals surface area (Å²) in [5.74, 6) is 0.375. The Morgan fingerprint density at radius 1 is 1.22 bits per heavy atom. The zero-order valence-electron chi connectivity index (χ0n) is 10.1. The highest BCUT2D eigenvalue weighted by Gasteiger charge is 2.08. The van der Waals surface area contributed by atoms with Crippen LogP contribution in [0.1, 0.15) is 17.0 Å². The molecule has 0 bridgehead atoms. The van der Waals surface area contributed by atoms with Gasteiger partial charge in [0.15, 0.2) is 5.15 Å². The van der Waals surface area contributed by atoms with E-state index in [1.807, 2.05) is 38.1 Å². The molecule has 0 fully saturated rings. The monoisotopic (exact) mass is 326 g/mol. The van der Waals surface area contributed by atoms with Crippen LogP contribution in [0.4, 0.5) is 0 Å². The fourth-order valence-electron chi connectivity index (χ4n) is 1.43. The van der Waals surface area contributed by atoms with Crippen molar-refractivity contribution in [3.63, 3.8) is 0 Å². The summed E-state index contributed by atoms with van der Waals surface area (Å²) in [6.45, 7) is 4.16. The van der Waals surface area contributed by atoms with Crippen LogP contribution in [-0.4, -0.2) is 9.97 Å². The average molecular weight is 328 g/mol. The third kappa shape index (κ3) is 3.21. The molecule has 0 aliphatic heterocycles. The van der Waals surface area contributed by atoms with Crippen molar-refractivity contribution >= 4 is 27.5 Å². The van der Waals surface area contributed by atoms with Crippen LogP contribution in [0.5, 0.6) is 5.88 Å². The molecule has 18 heavy (non-hydrogen) atoms. The Labute approximate surface area is 119 Å². The fourth-order valence-corrected chi connectivity index (χ4v) is 2.10. The van der Waals surface area contributed by atoms with Gasteiger partial charge in [-0.1, -0.05) is 39.7 Å². The first-order valence-corrected chi connectivity index (χ1v) is 6.61. The topological polar surface area (TPSA) is 35.0 Å². The second-order valence-corrected chi connectivity index (χ2v) is 5.18. The molecule has 1 aromatic carbocycles. The van der Waals surface area contributed by atoms with E-state index in [2.05, 4.69) is 25.9 Å². The lowest BCUT2D eigenvalue weighted by Gasteiger charge is -2.08. The predicted molar refractivity (Wildman–Crippen MR) is 75.0 cm³/mol. The van der Waals surface area contributed by atoms with Crippen molar-refractivity contribution in [2.24, 2.45) is 0 Å². The van der Waals surface area contributed by atoms with E-state index >= 15 is 0 Å². The number of rotatable bonds is 3. The summed E-state index contributed by atoms with van der Waals surface area (Å²) in [6, 6.07) is 7.89. The van der Waals surface area contributed by atoms with Gasteiger partial charge in [-0.25, -0.2) is 9.97 Å². The second kappa shape index (κ2) is 5.67. The Morgan fingerprint density at radius 3 is 2.67 bits per heavy atom. The molecule has 0 aliphatic carbocycles. The van der Waals surface area contributed by atoms with E-state index in [0.717, 1.165) is 21.4 Å². The molecule has 94 valence electrons. The molecule has 0 saturated heterocycles. The van der Waals surface area contributed by atoms with Gasteiger partial charge >= 0.3 is 0 Å². The van der Waals surface area contributed by atoms with Crippen LogP contribution in [0.3, 0.4) is 0 Å². The van der Waals surface area contributed by atoms with Crippen molar-refractivity contribution in [2.75, 3.05) is 0 Å². The van der Waals surface area contributed by atoms with E-state index in [9.17, 15) is 0 Å². The van der Waals surface area contributed by atoms with Crippen molar-refractivity contribution in [1.82, 2.24) is 9.97 Å². The minimum atomic E-state index is 0.299. The molecule has 0 saturated carbocycles. The number of nitrogens with zero attached hydrogens (tertiary/aromatic N) is 2. The van der Waals surface area contributed by atoms with E-state index in [0.29, 0.717) is 17.6 Å². The standard InChI is InChI=1S/C13H12BrClN2O/c1-8-9(2)17-13(12(15)16-8)18-7-10-4-3-5-11(14)6-10/h3-6H,7H2,1-2H3. The van der Waals surface area contributed by atoms with Gasteiger partial charge < -0.3 is 4.74 Å². The van der Waals surface area contributed by atoms with E-state index < -0.39 is 0 Å². The number of aryl methyl sites for hydroxylation is 2. The van der Waals surface area contributed by atoms with Crippen LogP contribution in [0, 0.1) is 13.8 Å². The number of aromatic nitrogens is 2. The third-order valence-corrected chi connectivity index (χ3v) is 3.24. The summed E-state index contributed by atoms with van der Waals surface area (Å²) in [4.78, 5) is 8.45. The van der Waals surface area contributed by atoms with E-state index in [1.165, 1.54) is 0 Å². The Bertz CT molecular complexity index is 575. The lowest BCUT2D eigenvalue weighted by Crippen LogP contribution is -2.02.